The summed E-state index contributed by atoms with van der Waals surface area (Å²) < 4.78 is 5.29. The number of nitrogens with zero attached hydrogens (tertiary/aromatic N) is 1. The van der Waals surface area contributed by atoms with Crippen LogP contribution in [0, 0.1) is 6.92 Å². The van der Waals surface area contributed by atoms with Crippen molar-refractivity contribution >= 4 is 11.8 Å². The molecule has 2 amide bonds. The minimum absolute atomic E-state index is 0.0650. The number of hydrogen-bond acceptors (Lipinski definition) is 3. The maximum Gasteiger partial charge on any atom is 0.242 e. The van der Waals surface area contributed by atoms with Gasteiger partial charge < -0.3 is 15.0 Å². The van der Waals surface area contributed by atoms with E-state index < -0.39 is 6.04 Å². The van der Waals surface area contributed by atoms with Crippen molar-refractivity contribution in [3.63, 3.8) is 0 Å². The molecule has 0 aliphatic rings. The molecule has 0 saturated carbocycles. The monoisotopic (exact) mass is 382 g/mol. The maximum atomic E-state index is 13.2. The number of amides is 2. The average molecular weight is 383 g/mol. The molecular formula is C23H30N2O3. The molecule has 1 atom stereocenters. The van der Waals surface area contributed by atoms with Gasteiger partial charge in [0.15, 0.2) is 0 Å². The molecule has 0 bridgehead atoms. The number of likely N-dealkylation sites (N-methyl/N-ethyl adjacent to an activating group) is 1. The quantitative estimate of drug-likeness (QED) is 0.722. The van der Waals surface area contributed by atoms with Gasteiger partial charge in [-0.3, -0.25) is 9.59 Å². The molecule has 5 heteroatoms. The minimum Gasteiger partial charge on any atom is -0.497 e. The number of benzene rings is 2. The Balaban J connectivity index is 2.28. The van der Waals surface area contributed by atoms with Gasteiger partial charge in [-0.05, 0) is 43.5 Å². The third kappa shape index (κ3) is 5.84. The van der Waals surface area contributed by atoms with Crippen LogP contribution in [-0.2, 0) is 22.6 Å². The van der Waals surface area contributed by atoms with Crippen LogP contribution in [-0.4, -0.2) is 36.4 Å². The summed E-state index contributed by atoms with van der Waals surface area (Å²) in [6.45, 7) is 6.72. The van der Waals surface area contributed by atoms with E-state index in [1.165, 1.54) is 0 Å². The molecule has 2 aromatic rings. The van der Waals surface area contributed by atoms with Gasteiger partial charge in [0.1, 0.15) is 11.8 Å². The van der Waals surface area contributed by atoms with Crippen LogP contribution in [0.3, 0.4) is 0 Å². The molecule has 0 unspecified atom stereocenters. The highest BCUT2D eigenvalue weighted by Crippen LogP contribution is 2.18. The van der Waals surface area contributed by atoms with Gasteiger partial charge in [0.05, 0.1) is 13.5 Å². The van der Waals surface area contributed by atoms with Gasteiger partial charge in [-0.25, -0.2) is 0 Å². The standard InChI is InChI=1S/C23H30N2O3/c1-5-21(23(27)24-6-2)25(16-19-8-7-9-20(14-19)28-4)22(26)15-18-12-10-17(3)11-13-18/h7-14,21H,5-6,15-16H2,1-4H3,(H,24,27)/t21-/m0/s1. The minimum atomic E-state index is -0.510. The lowest BCUT2D eigenvalue weighted by Crippen LogP contribution is -2.49. The molecule has 28 heavy (non-hydrogen) atoms. The van der Waals surface area contributed by atoms with Gasteiger partial charge >= 0.3 is 0 Å². The van der Waals surface area contributed by atoms with Crippen LogP contribution in [0.15, 0.2) is 48.5 Å². The van der Waals surface area contributed by atoms with Crippen LogP contribution in [0.2, 0.25) is 0 Å². The van der Waals surface area contributed by atoms with Crippen LogP contribution in [0.5, 0.6) is 5.75 Å². The fourth-order valence-electron chi connectivity index (χ4n) is 3.16. The lowest BCUT2D eigenvalue weighted by atomic mass is 10.1. The van der Waals surface area contributed by atoms with E-state index in [2.05, 4.69) is 5.32 Å². The second-order valence-electron chi connectivity index (χ2n) is 6.85. The fourth-order valence-corrected chi connectivity index (χ4v) is 3.16. The predicted molar refractivity (Wildman–Crippen MR) is 111 cm³/mol. The normalized spacial score (nSPS) is 11.6. The number of carbonyl (C=O) groups excluding carboxylic acids is 2. The summed E-state index contributed by atoms with van der Waals surface area (Å²) in [5, 5.41) is 2.85. The van der Waals surface area contributed by atoms with Crippen molar-refractivity contribution in [3.8, 4) is 5.75 Å². The zero-order valence-electron chi connectivity index (χ0n) is 17.2. The van der Waals surface area contributed by atoms with E-state index in [1.807, 2.05) is 69.3 Å². The highest BCUT2D eigenvalue weighted by molar-refractivity contribution is 5.88. The van der Waals surface area contributed by atoms with Crippen LogP contribution < -0.4 is 10.1 Å². The van der Waals surface area contributed by atoms with E-state index in [1.54, 1.807) is 12.0 Å². The average Bonchev–Trinajstić information content (AvgIpc) is 2.70. The summed E-state index contributed by atoms with van der Waals surface area (Å²) in [6, 6.07) is 15.0. The molecule has 5 nitrogen and oxygen atoms in total. The third-order valence-corrected chi connectivity index (χ3v) is 4.70. The Morgan fingerprint density at radius 1 is 1.07 bits per heavy atom. The highest BCUT2D eigenvalue weighted by Gasteiger charge is 2.28. The first kappa shape index (κ1) is 21.5. The Kier molecular flexibility index (Phi) is 8.05. The zero-order chi connectivity index (χ0) is 20.5. The number of hydrogen-bond donors (Lipinski definition) is 1. The van der Waals surface area contributed by atoms with E-state index >= 15 is 0 Å². The summed E-state index contributed by atoms with van der Waals surface area (Å²) in [7, 11) is 1.61. The summed E-state index contributed by atoms with van der Waals surface area (Å²) in [4.78, 5) is 27.5. The van der Waals surface area contributed by atoms with Crippen molar-refractivity contribution < 1.29 is 14.3 Å². The summed E-state index contributed by atoms with van der Waals surface area (Å²) in [6.07, 6.45) is 0.815. The van der Waals surface area contributed by atoms with E-state index in [-0.39, 0.29) is 18.2 Å². The van der Waals surface area contributed by atoms with Crippen LogP contribution in [0.1, 0.15) is 37.0 Å². The van der Waals surface area contributed by atoms with E-state index in [0.29, 0.717) is 19.5 Å². The van der Waals surface area contributed by atoms with Crippen molar-refractivity contribution in [2.75, 3.05) is 13.7 Å². The molecule has 150 valence electrons. The molecule has 2 aromatic carbocycles. The maximum absolute atomic E-state index is 13.2. The first-order valence-electron chi connectivity index (χ1n) is 9.74. The van der Waals surface area contributed by atoms with Crippen molar-refractivity contribution in [2.24, 2.45) is 0 Å². The lowest BCUT2D eigenvalue weighted by Gasteiger charge is -2.30. The van der Waals surface area contributed by atoms with Gasteiger partial charge in [0.2, 0.25) is 11.8 Å². The largest absolute Gasteiger partial charge is 0.497 e. The molecule has 0 heterocycles. The van der Waals surface area contributed by atoms with E-state index in [4.69, 9.17) is 4.74 Å². The van der Waals surface area contributed by atoms with Gasteiger partial charge in [-0.1, -0.05) is 48.9 Å². The Bertz CT molecular complexity index is 787. The summed E-state index contributed by atoms with van der Waals surface area (Å²) in [5.74, 6) is 0.546. The number of rotatable bonds is 9. The topological polar surface area (TPSA) is 58.6 Å². The predicted octanol–water partition coefficient (Wildman–Crippen LogP) is 3.49. The third-order valence-electron chi connectivity index (χ3n) is 4.70. The number of nitrogens with one attached hydrogen (secondary N) is 1. The molecule has 0 aliphatic carbocycles. The van der Waals surface area contributed by atoms with E-state index in [9.17, 15) is 9.59 Å². The van der Waals surface area contributed by atoms with E-state index in [0.717, 1.165) is 22.4 Å². The smallest absolute Gasteiger partial charge is 0.242 e. The van der Waals surface area contributed by atoms with Gasteiger partial charge in [-0.15, -0.1) is 0 Å². The first-order chi connectivity index (χ1) is 13.5. The van der Waals surface area contributed by atoms with Crippen molar-refractivity contribution in [1.82, 2.24) is 10.2 Å². The Labute approximate surface area is 167 Å². The number of carbonyl (C=O) groups is 2. The SMILES string of the molecule is CCNC(=O)[C@H](CC)N(Cc1cccc(OC)c1)C(=O)Cc1ccc(C)cc1. The van der Waals surface area contributed by atoms with Crippen LogP contribution >= 0.6 is 0 Å². The highest BCUT2D eigenvalue weighted by atomic mass is 16.5. The zero-order valence-corrected chi connectivity index (χ0v) is 17.2. The molecule has 0 radical (unpaired) electrons. The second-order valence-corrected chi connectivity index (χ2v) is 6.85. The van der Waals surface area contributed by atoms with Crippen molar-refractivity contribution in [2.45, 2.75) is 46.2 Å². The summed E-state index contributed by atoms with van der Waals surface area (Å²) >= 11 is 0. The molecule has 0 aromatic heterocycles. The lowest BCUT2D eigenvalue weighted by molar-refractivity contribution is -0.140. The molecular weight excluding hydrogens is 352 g/mol. The van der Waals surface area contributed by atoms with Crippen molar-refractivity contribution in [1.29, 1.82) is 0 Å². The van der Waals surface area contributed by atoms with Crippen LogP contribution in [0.25, 0.3) is 0 Å². The van der Waals surface area contributed by atoms with Gasteiger partial charge in [0, 0.05) is 13.1 Å². The Morgan fingerprint density at radius 2 is 1.79 bits per heavy atom. The number of ether oxygens (including phenoxy) is 1. The summed E-state index contributed by atoms with van der Waals surface area (Å²) in [5.41, 5.74) is 3.02. The van der Waals surface area contributed by atoms with Gasteiger partial charge in [-0.2, -0.15) is 0 Å². The fraction of sp³-hybridized carbons (Fsp3) is 0.391. The molecule has 1 N–H and O–H groups in total. The Hall–Kier alpha value is -2.82. The first-order valence-corrected chi connectivity index (χ1v) is 9.74. The molecule has 0 aliphatic heterocycles. The number of methoxy groups -OCH3 is 1. The van der Waals surface area contributed by atoms with Gasteiger partial charge in [0.25, 0.3) is 0 Å². The molecule has 0 spiro atoms. The van der Waals surface area contributed by atoms with Crippen LogP contribution in [0.4, 0.5) is 0 Å². The Morgan fingerprint density at radius 3 is 2.39 bits per heavy atom. The molecule has 2 rings (SSSR count). The second kappa shape index (κ2) is 10.5. The molecule has 0 saturated heterocycles. The number of aryl methyl sites for hydroxylation is 1. The van der Waals surface area contributed by atoms with Crippen molar-refractivity contribution in [3.05, 3.63) is 65.2 Å². The molecule has 0 fully saturated rings.